The largest absolute Gasteiger partial charge is 0.351 e. The molecule has 1 heterocycles. The van der Waals surface area contributed by atoms with E-state index in [4.69, 9.17) is 11.6 Å². The lowest BCUT2D eigenvalue weighted by Crippen LogP contribution is -2.14. The number of imidazole rings is 1. The summed E-state index contributed by atoms with van der Waals surface area (Å²) in [5, 5.41) is 0.577. The minimum Gasteiger partial charge on any atom is -0.351 e. The van der Waals surface area contributed by atoms with Crippen LogP contribution in [-0.4, -0.2) is 18.4 Å². The maximum absolute atomic E-state index is 12.2. The van der Waals surface area contributed by atoms with Gasteiger partial charge in [0.05, 0.1) is 17.8 Å². The van der Waals surface area contributed by atoms with Crippen LogP contribution in [0.3, 0.4) is 0 Å². The van der Waals surface area contributed by atoms with Crippen molar-refractivity contribution in [1.82, 2.24) is 9.97 Å². The number of nitrogens with one attached hydrogen (secondary N) is 2. The van der Waals surface area contributed by atoms with Crippen molar-refractivity contribution < 1.29 is 8.42 Å². The molecule has 0 fully saturated rings. The first-order valence-electron chi connectivity index (χ1n) is 6.86. The summed E-state index contributed by atoms with van der Waals surface area (Å²) in [6.07, 6.45) is 3.37. The Labute approximate surface area is 139 Å². The molecule has 0 saturated carbocycles. The molecular weight excluding hydrogens is 334 g/mol. The van der Waals surface area contributed by atoms with Gasteiger partial charge in [0.15, 0.2) is 0 Å². The Bertz CT molecular complexity index is 874. The number of hydrogen-bond acceptors (Lipinski definition) is 3. The van der Waals surface area contributed by atoms with Gasteiger partial charge in [-0.25, -0.2) is 13.4 Å². The SMILES string of the molecule is O=S(=O)(Cc1ccc(Cl)cc1)Nc1ccc(-c2c[nH]cn2)cc1. The molecule has 0 aliphatic rings. The molecule has 0 radical (unpaired) electrons. The summed E-state index contributed by atoms with van der Waals surface area (Å²) >= 11 is 5.80. The molecule has 0 unspecified atom stereocenters. The molecule has 1 aromatic heterocycles. The van der Waals surface area contributed by atoms with Crippen molar-refractivity contribution in [2.45, 2.75) is 5.75 Å². The second-order valence-corrected chi connectivity index (χ2v) is 7.18. The summed E-state index contributed by atoms with van der Waals surface area (Å²) in [6, 6.07) is 13.8. The first-order chi connectivity index (χ1) is 11.0. The van der Waals surface area contributed by atoms with Gasteiger partial charge in [-0.1, -0.05) is 35.9 Å². The highest BCUT2D eigenvalue weighted by Gasteiger charge is 2.12. The van der Waals surface area contributed by atoms with Gasteiger partial charge in [0, 0.05) is 22.5 Å². The van der Waals surface area contributed by atoms with Gasteiger partial charge in [0.25, 0.3) is 0 Å². The van der Waals surface area contributed by atoms with Crippen LogP contribution in [0.2, 0.25) is 5.02 Å². The molecule has 0 bridgehead atoms. The zero-order chi connectivity index (χ0) is 16.3. The Kier molecular flexibility index (Phi) is 4.36. The summed E-state index contributed by atoms with van der Waals surface area (Å²) < 4.78 is 27.0. The fraction of sp³-hybridized carbons (Fsp3) is 0.0625. The predicted molar refractivity (Wildman–Crippen MR) is 91.7 cm³/mol. The maximum atomic E-state index is 12.2. The molecule has 3 aromatic rings. The van der Waals surface area contributed by atoms with Crippen LogP contribution < -0.4 is 4.72 Å². The second-order valence-electron chi connectivity index (χ2n) is 5.02. The number of H-pyrrole nitrogens is 1. The van der Waals surface area contributed by atoms with Crippen LogP contribution in [0.15, 0.2) is 61.1 Å². The zero-order valence-corrected chi connectivity index (χ0v) is 13.6. The third-order valence-corrected chi connectivity index (χ3v) is 4.73. The van der Waals surface area contributed by atoms with Gasteiger partial charge in [-0.3, -0.25) is 4.72 Å². The summed E-state index contributed by atoms with van der Waals surface area (Å²) in [5.41, 5.74) is 2.90. The van der Waals surface area contributed by atoms with E-state index in [0.29, 0.717) is 16.3 Å². The van der Waals surface area contributed by atoms with E-state index in [0.717, 1.165) is 11.3 Å². The van der Waals surface area contributed by atoms with Crippen molar-refractivity contribution in [3.8, 4) is 11.3 Å². The molecule has 3 rings (SSSR count). The van der Waals surface area contributed by atoms with Crippen LogP contribution in [0, 0.1) is 0 Å². The predicted octanol–water partition coefficient (Wildman–Crippen LogP) is 3.67. The van der Waals surface area contributed by atoms with E-state index < -0.39 is 10.0 Å². The highest BCUT2D eigenvalue weighted by Crippen LogP contribution is 2.20. The lowest BCUT2D eigenvalue weighted by Gasteiger charge is -2.09. The number of rotatable bonds is 5. The maximum Gasteiger partial charge on any atom is 0.236 e. The Morgan fingerprint density at radius 3 is 2.35 bits per heavy atom. The number of anilines is 1. The number of sulfonamides is 1. The van der Waals surface area contributed by atoms with Gasteiger partial charge in [-0.2, -0.15) is 0 Å². The molecule has 23 heavy (non-hydrogen) atoms. The van der Waals surface area contributed by atoms with E-state index in [-0.39, 0.29) is 5.75 Å². The van der Waals surface area contributed by atoms with Crippen LogP contribution in [0.1, 0.15) is 5.56 Å². The Balaban J connectivity index is 1.71. The third kappa shape index (κ3) is 4.12. The molecule has 0 aliphatic heterocycles. The van der Waals surface area contributed by atoms with Gasteiger partial charge in [-0.15, -0.1) is 0 Å². The molecule has 0 atom stereocenters. The third-order valence-electron chi connectivity index (χ3n) is 3.22. The van der Waals surface area contributed by atoms with E-state index in [1.807, 2.05) is 12.1 Å². The summed E-state index contributed by atoms with van der Waals surface area (Å²) in [7, 11) is -3.48. The fourth-order valence-corrected chi connectivity index (χ4v) is 3.47. The molecule has 0 spiro atoms. The molecular formula is C16H14ClN3O2S. The van der Waals surface area contributed by atoms with E-state index in [1.54, 1.807) is 48.9 Å². The van der Waals surface area contributed by atoms with Crippen molar-refractivity contribution in [3.05, 3.63) is 71.6 Å². The van der Waals surface area contributed by atoms with Gasteiger partial charge >= 0.3 is 0 Å². The van der Waals surface area contributed by atoms with Crippen molar-refractivity contribution in [1.29, 1.82) is 0 Å². The monoisotopic (exact) mass is 347 g/mol. The van der Waals surface area contributed by atoms with E-state index in [1.165, 1.54) is 0 Å². The molecule has 118 valence electrons. The highest BCUT2D eigenvalue weighted by molar-refractivity contribution is 7.91. The van der Waals surface area contributed by atoms with Crippen LogP contribution in [0.25, 0.3) is 11.3 Å². The molecule has 0 amide bonds. The normalized spacial score (nSPS) is 11.3. The molecule has 0 saturated heterocycles. The van der Waals surface area contributed by atoms with E-state index in [9.17, 15) is 8.42 Å². The number of hydrogen-bond donors (Lipinski definition) is 2. The Hall–Kier alpha value is -2.31. The Morgan fingerprint density at radius 1 is 1.04 bits per heavy atom. The zero-order valence-electron chi connectivity index (χ0n) is 12.0. The first kappa shape index (κ1) is 15.6. The van der Waals surface area contributed by atoms with Crippen LogP contribution in [-0.2, 0) is 15.8 Å². The van der Waals surface area contributed by atoms with Gasteiger partial charge in [0.2, 0.25) is 10.0 Å². The number of halogens is 1. The minimum atomic E-state index is -3.48. The molecule has 2 N–H and O–H groups in total. The highest BCUT2D eigenvalue weighted by atomic mass is 35.5. The number of aromatic nitrogens is 2. The quantitative estimate of drug-likeness (QED) is 0.739. The molecule has 0 aliphatic carbocycles. The number of nitrogens with zero attached hydrogens (tertiary/aromatic N) is 1. The first-order valence-corrected chi connectivity index (χ1v) is 8.89. The van der Waals surface area contributed by atoms with Crippen molar-refractivity contribution in [2.24, 2.45) is 0 Å². The summed E-state index contributed by atoms with van der Waals surface area (Å²) in [4.78, 5) is 7.03. The smallest absolute Gasteiger partial charge is 0.236 e. The lowest BCUT2D eigenvalue weighted by atomic mass is 10.1. The number of benzene rings is 2. The van der Waals surface area contributed by atoms with Gasteiger partial charge in [0.1, 0.15) is 0 Å². The van der Waals surface area contributed by atoms with Crippen molar-refractivity contribution in [3.63, 3.8) is 0 Å². The van der Waals surface area contributed by atoms with Crippen molar-refractivity contribution >= 4 is 27.3 Å². The topological polar surface area (TPSA) is 74.8 Å². The van der Waals surface area contributed by atoms with E-state index >= 15 is 0 Å². The lowest BCUT2D eigenvalue weighted by molar-refractivity contribution is 0.600. The average molecular weight is 348 g/mol. The second kappa shape index (κ2) is 6.44. The van der Waals surface area contributed by atoms with Crippen LogP contribution in [0.4, 0.5) is 5.69 Å². The molecule has 2 aromatic carbocycles. The van der Waals surface area contributed by atoms with Crippen molar-refractivity contribution in [2.75, 3.05) is 4.72 Å². The van der Waals surface area contributed by atoms with Crippen LogP contribution in [0.5, 0.6) is 0 Å². The number of aromatic amines is 1. The average Bonchev–Trinajstić information content (AvgIpc) is 3.04. The Morgan fingerprint density at radius 2 is 1.74 bits per heavy atom. The van der Waals surface area contributed by atoms with Gasteiger partial charge < -0.3 is 4.98 Å². The minimum absolute atomic E-state index is 0.106. The standard InChI is InChI=1S/C16H14ClN3O2S/c17-14-5-1-12(2-6-14)10-23(21,22)20-15-7-3-13(4-8-15)16-9-18-11-19-16/h1-9,11,20H,10H2,(H,18,19). The molecule has 5 nitrogen and oxygen atoms in total. The van der Waals surface area contributed by atoms with Gasteiger partial charge in [-0.05, 0) is 29.8 Å². The summed E-state index contributed by atoms with van der Waals surface area (Å²) in [5.74, 6) is -0.106. The summed E-state index contributed by atoms with van der Waals surface area (Å²) in [6.45, 7) is 0. The van der Waals surface area contributed by atoms with E-state index in [2.05, 4.69) is 14.7 Å². The fourth-order valence-electron chi connectivity index (χ4n) is 2.14. The molecule has 7 heteroatoms. The van der Waals surface area contributed by atoms with Crippen LogP contribution >= 0.6 is 11.6 Å².